The molecule has 3 N–H and O–H groups in total. The lowest BCUT2D eigenvalue weighted by Crippen LogP contribution is -2.37. The van der Waals surface area contributed by atoms with Gasteiger partial charge in [-0.3, -0.25) is 0 Å². The third-order valence-corrected chi connectivity index (χ3v) is 2.92. The second kappa shape index (κ2) is 6.34. The smallest absolute Gasteiger partial charge is 0.408 e. The Morgan fingerprint density at radius 1 is 1.53 bits per heavy atom. The summed E-state index contributed by atoms with van der Waals surface area (Å²) in [6, 6.07) is 4.11. The highest BCUT2D eigenvalue weighted by atomic mass is 79.9. The Morgan fingerprint density at radius 2 is 2.16 bits per heavy atom. The van der Waals surface area contributed by atoms with Crippen LogP contribution in [0.1, 0.15) is 32.4 Å². The van der Waals surface area contributed by atoms with E-state index < -0.39 is 23.6 Å². The highest BCUT2D eigenvalue weighted by molar-refractivity contribution is 9.10. The van der Waals surface area contributed by atoms with E-state index in [4.69, 9.17) is 10.5 Å². The predicted molar refractivity (Wildman–Crippen MR) is 75.3 cm³/mol. The summed E-state index contributed by atoms with van der Waals surface area (Å²) in [6.07, 6.45) is -0.578. The van der Waals surface area contributed by atoms with Crippen molar-refractivity contribution in [2.45, 2.75) is 32.4 Å². The van der Waals surface area contributed by atoms with Crippen molar-refractivity contribution in [3.63, 3.8) is 0 Å². The van der Waals surface area contributed by atoms with Crippen LogP contribution in [-0.4, -0.2) is 18.2 Å². The zero-order valence-electron chi connectivity index (χ0n) is 11.2. The molecule has 0 bridgehead atoms. The summed E-state index contributed by atoms with van der Waals surface area (Å²) in [5, 5.41) is 2.62. The van der Waals surface area contributed by atoms with Crippen LogP contribution in [0.15, 0.2) is 22.7 Å². The second-order valence-electron chi connectivity index (χ2n) is 5.11. The van der Waals surface area contributed by atoms with Crippen molar-refractivity contribution >= 4 is 22.0 Å². The summed E-state index contributed by atoms with van der Waals surface area (Å²) >= 11 is 3.07. The monoisotopic (exact) mass is 332 g/mol. The van der Waals surface area contributed by atoms with Crippen LogP contribution >= 0.6 is 15.9 Å². The van der Waals surface area contributed by atoms with Gasteiger partial charge < -0.3 is 15.8 Å². The fourth-order valence-electron chi connectivity index (χ4n) is 1.46. The molecular formula is C13H18BrFN2O2. The molecule has 0 fully saturated rings. The SMILES string of the molecule is CC(C)(C)OC(=O)NC(CN)c1ccc(Br)c(F)c1. The Labute approximate surface area is 120 Å². The maximum Gasteiger partial charge on any atom is 0.408 e. The standard InChI is InChI=1S/C13H18BrFN2O2/c1-13(2,3)19-12(18)17-11(7-16)8-4-5-9(14)10(15)6-8/h4-6,11H,7,16H2,1-3H3,(H,17,18). The summed E-state index contributed by atoms with van der Waals surface area (Å²) in [7, 11) is 0. The van der Waals surface area contributed by atoms with Gasteiger partial charge in [0.2, 0.25) is 0 Å². The van der Waals surface area contributed by atoms with Crippen molar-refractivity contribution in [1.29, 1.82) is 0 Å². The normalized spacial score (nSPS) is 12.9. The average molecular weight is 333 g/mol. The number of benzene rings is 1. The molecule has 106 valence electrons. The van der Waals surface area contributed by atoms with E-state index in [1.165, 1.54) is 6.07 Å². The first kappa shape index (κ1) is 15.9. The first-order valence-electron chi connectivity index (χ1n) is 5.87. The van der Waals surface area contributed by atoms with Crippen molar-refractivity contribution in [3.8, 4) is 0 Å². The topological polar surface area (TPSA) is 64.3 Å². The first-order chi connectivity index (χ1) is 8.73. The van der Waals surface area contributed by atoms with Gasteiger partial charge in [0.25, 0.3) is 0 Å². The van der Waals surface area contributed by atoms with E-state index in [1.807, 2.05) is 0 Å². The van der Waals surface area contributed by atoms with Crippen LogP contribution in [0.4, 0.5) is 9.18 Å². The van der Waals surface area contributed by atoms with Gasteiger partial charge in [0.1, 0.15) is 11.4 Å². The maximum absolute atomic E-state index is 13.5. The summed E-state index contributed by atoms with van der Waals surface area (Å²) in [5.74, 6) is -0.401. The number of nitrogens with two attached hydrogens (primary N) is 1. The van der Waals surface area contributed by atoms with Crippen molar-refractivity contribution in [3.05, 3.63) is 34.1 Å². The van der Waals surface area contributed by atoms with E-state index >= 15 is 0 Å². The van der Waals surface area contributed by atoms with Gasteiger partial charge in [0.05, 0.1) is 10.5 Å². The van der Waals surface area contributed by atoms with E-state index in [1.54, 1.807) is 32.9 Å². The number of alkyl carbamates (subject to hydrolysis) is 1. The number of halogens is 2. The van der Waals surface area contributed by atoms with Crippen molar-refractivity contribution in [2.24, 2.45) is 5.73 Å². The van der Waals surface area contributed by atoms with Gasteiger partial charge in [-0.2, -0.15) is 0 Å². The lowest BCUT2D eigenvalue weighted by molar-refractivity contribution is 0.0505. The highest BCUT2D eigenvalue weighted by Crippen LogP contribution is 2.20. The minimum absolute atomic E-state index is 0.153. The first-order valence-corrected chi connectivity index (χ1v) is 6.67. The van der Waals surface area contributed by atoms with Gasteiger partial charge in [0.15, 0.2) is 0 Å². The molecule has 1 aromatic carbocycles. The van der Waals surface area contributed by atoms with E-state index in [0.29, 0.717) is 10.0 Å². The molecule has 1 rings (SSSR count). The largest absolute Gasteiger partial charge is 0.444 e. The number of amides is 1. The number of ether oxygens (including phenoxy) is 1. The molecule has 4 nitrogen and oxygen atoms in total. The molecule has 0 spiro atoms. The number of carbonyl (C=O) groups is 1. The molecule has 0 saturated carbocycles. The molecule has 0 aromatic heterocycles. The number of hydrogen-bond acceptors (Lipinski definition) is 3. The molecule has 0 aliphatic rings. The van der Waals surface area contributed by atoms with Crippen LogP contribution in [0, 0.1) is 5.82 Å². The minimum atomic E-state index is -0.589. The summed E-state index contributed by atoms with van der Waals surface area (Å²) in [4.78, 5) is 11.7. The molecular weight excluding hydrogens is 315 g/mol. The third kappa shape index (κ3) is 5.16. The van der Waals surface area contributed by atoms with Crippen molar-refractivity contribution in [1.82, 2.24) is 5.32 Å². The van der Waals surface area contributed by atoms with E-state index in [9.17, 15) is 9.18 Å². The third-order valence-electron chi connectivity index (χ3n) is 2.27. The van der Waals surface area contributed by atoms with Crippen molar-refractivity contribution in [2.75, 3.05) is 6.54 Å². The van der Waals surface area contributed by atoms with Gasteiger partial charge in [-0.25, -0.2) is 9.18 Å². The molecule has 0 heterocycles. The Kier molecular flexibility index (Phi) is 5.31. The molecule has 1 atom stereocenters. The molecule has 1 aromatic rings. The number of hydrogen-bond donors (Lipinski definition) is 2. The van der Waals surface area contributed by atoms with Crippen LogP contribution in [0.3, 0.4) is 0 Å². The summed E-state index contributed by atoms with van der Waals surface area (Å²) in [6.45, 7) is 5.45. The summed E-state index contributed by atoms with van der Waals surface area (Å²) < 4.78 is 19.0. The molecule has 1 unspecified atom stereocenters. The molecule has 0 radical (unpaired) electrons. The Hall–Kier alpha value is -1.14. The fraction of sp³-hybridized carbons (Fsp3) is 0.462. The van der Waals surface area contributed by atoms with Crippen LogP contribution < -0.4 is 11.1 Å². The minimum Gasteiger partial charge on any atom is -0.444 e. The van der Waals surface area contributed by atoms with Gasteiger partial charge in [-0.1, -0.05) is 6.07 Å². The lowest BCUT2D eigenvalue weighted by atomic mass is 10.1. The lowest BCUT2D eigenvalue weighted by Gasteiger charge is -2.23. The summed E-state index contributed by atoms with van der Waals surface area (Å²) in [5.41, 5.74) is 5.60. The number of carbonyl (C=O) groups excluding carboxylic acids is 1. The second-order valence-corrected chi connectivity index (χ2v) is 5.96. The van der Waals surface area contributed by atoms with E-state index in [2.05, 4.69) is 21.2 Å². The number of nitrogens with one attached hydrogen (secondary N) is 1. The predicted octanol–water partition coefficient (Wildman–Crippen LogP) is 3.11. The molecule has 1 amide bonds. The van der Waals surface area contributed by atoms with Crippen LogP contribution in [0.2, 0.25) is 0 Å². The zero-order valence-corrected chi connectivity index (χ0v) is 12.8. The van der Waals surface area contributed by atoms with E-state index in [0.717, 1.165) is 0 Å². The quantitative estimate of drug-likeness (QED) is 0.893. The Bertz CT molecular complexity index is 460. The number of rotatable bonds is 3. The van der Waals surface area contributed by atoms with Gasteiger partial charge in [-0.15, -0.1) is 0 Å². The van der Waals surface area contributed by atoms with Crippen LogP contribution in [0.25, 0.3) is 0 Å². The van der Waals surface area contributed by atoms with Crippen molar-refractivity contribution < 1.29 is 13.9 Å². The van der Waals surface area contributed by atoms with Gasteiger partial charge in [-0.05, 0) is 54.4 Å². The molecule has 6 heteroatoms. The molecule has 0 aliphatic heterocycles. The Balaban J connectivity index is 2.78. The van der Waals surface area contributed by atoms with Crippen LogP contribution in [-0.2, 0) is 4.74 Å². The fourth-order valence-corrected chi connectivity index (χ4v) is 1.70. The zero-order chi connectivity index (χ0) is 14.6. The van der Waals surface area contributed by atoms with Gasteiger partial charge in [0, 0.05) is 6.54 Å². The van der Waals surface area contributed by atoms with E-state index in [-0.39, 0.29) is 6.54 Å². The molecule has 0 saturated heterocycles. The molecule has 0 aliphatic carbocycles. The highest BCUT2D eigenvalue weighted by Gasteiger charge is 2.20. The maximum atomic E-state index is 13.5. The Morgan fingerprint density at radius 3 is 2.63 bits per heavy atom. The average Bonchev–Trinajstić information content (AvgIpc) is 2.27. The van der Waals surface area contributed by atoms with Gasteiger partial charge >= 0.3 is 6.09 Å². The molecule has 19 heavy (non-hydrogen) atoms. The van der Waals surface area contributed by atoms with Crippen LogP contribution in [0.5, 0.6) is 0 Å².